The van der Waals surface area contributed by atoms with Crippen LogP contribution in [0, 0.1) is 45.3 Å². The largest absolute Gasteiger partial charge is 0.345 e. The highest BCUT2D eigenvalue weighted by Gasteiger charge is 2.32. The number of hydrogen-bond acceptors (Lipinski definition) is 12. The van der Waals surface area contributed by atoms with Gasteiger partial charge < -0.3 is 4.90 Å². The van der Waals surface area contributed by atoms with Gasteiger partial charge in [0.25, 0.3) is 0 Å². The highest BCUT2D eigenvalue weighted by Crippen LogP contribution is 2.39. The predicted molar refractivity (Wildman–Crippen MR) is 158 cm³/mol. The Kier molecular flexibility index (Phi) is 5.63. The number of benzene rings is 3. The van der Waals surface area contributed by atoms with Crippen molar-refractivity contribution >= 4 is 51.0 Å². The molecule has 2 aliphatic heterocycles. The average Bonchev–Trinajstić information content (AvgIpc) is 3.05. The van der Waals surface area contributed by atoms with Gasteiger partial charge in [-0.05, 0) is 46.5 Å². The number of nitrogens with zero attached hydrogens (tertiary/aromatic N) is 12. The molecule has 0 fully saturated rings. The lowest BCUT2D eigenvalue weighted by Crippen LogP contribution is -2.42. The normalized spacial score (nSPS) is 15.1. The minimum Gasteiger partial charge on any atom is -0.345 e. The predicted octanol–water partition coefficient (Wildman–Crippen LogP) is 4.40. The Labute approximate surface area is 243 Å². The summed E-state index contributed by atoms with van der Waals surface area (Å²) in [5.74, 6) is 0.366. The van der Waals surface area contributed by atoms with Crippen LogP contribution in [-0.2, 0) is 0 Å². The van der Waals surface area contributed by atoms with Gasteiger partial charge in [-0.2, -0.15) is 21.0 Å². The van der Waals surface area contributed by atoms with Gasteiger partial charge in [-0.3, -0.25) is 0 Å². The van der Waals surface area contributed by atoms with E-state index in [-0.39, 0.29) is 34.1 Å². The molecule has 2 aromatic heterocycles. The fourth-order valence-electron chi connectivity index (χ4n) is 5.01. The number of nitriles is 4. The molecule has 0 bridgehead atoms. The van der Waals surface area contributed by atoms with Gasteiger partial charge in [0.05, 0.1) is 22.4 Å². The van der Waals surface area contributed by atoms with Gasteiger partial charge in [-0.1, -0.05) is 36.4 Å². The Morgan fingerprint density at radius 2 is 1.19 bits per heavy atom. The van der Waals surface area contributed by atoms with Crippen molar-refractivity contribution in [2.75, 3.05) is 11.9 Å². The van der Waals surface area contributed by atoms with E-state index in [0.717, 1.165) is 27.9 Å². The Morgan fingerprint density at radius 1 is 0.605 bits per heavy atom. The second kappa shape index (κ2) is 9.64. The van der Waals surface area contributed by atoms with Gasteiger partial charge >= 0.3 is 0 Å². The standard InChI is InChI=1S/C31H14N12/c1-43-27-9-7-19(11-22(27)38-30-31(43)42-26(15-35)25(14-34)41-30)17-4-2-16(3-5-17)18-6-8-20-21(10-18)37-29-28(36-20)39-23(12-32)24(13-33)40-29/h2-11,31H,1H3. The summed E-state index contributed by atoms with van der Waals surface area (Å²) in [5, 5.41) is 37.2. The van der Waals surface area contributed by atoms with E-state index >= 15 is 0 Å². The summed E-state index contributed by atoms with van der Waals surface area (Å²) in [5.41, 5.74) is 6.71. The van der Waals surface area contributed by atoms with Crippen molar-refractivity contribution in [3.63, 3.8) is 0 Å². The first kappa shape index (κ1) is 25.1. The SMILES string of the molecule is CN1c2ccc(-c3ccc(-c4ccc5nc6nc(C#N)c(C#N)nc6nc5c4)cc3)cc2N=C2N=C(C#N)C(C#N)=NC21. The first-order valence-corrected chi connectivity index (χ1v) is 12.8. The van der Waals surface area contributed by atoms with Gasteiger partial charge in [0.1, 0.15) is 24.3 Å². The summed E-state index contributed by atoms with van der Waals surface area (Å²) in [6.45, 7) is 0. The summed E-state index contributed by atoms with van der Waals surface area (Å²) >= 11 is 0. The van der Waals surface area contributed by atoms with Crippen LogP contribution in [0.4, 0.5) is 11.4 Å². The summed E-state index contributed by atoms with van der Waals surface area (Å²) in [7, 11) is 1.85. The number of aliphatic imine (C=N–C) groups is 3. The lowest BCUT2D eigenvalue weighted by atomic mass is 9.99. The molecule has 0 saturated carbocycles. The van der Waals surface area contributed by atoms with Crippen LogP contribution < -0.4 is 4.90 Å². The van der Waals surface area contributed by atoms with Crippen molar-refractivity contribution in [3.8, 4) is 46.5 Å². The summed E-state index contributed by atoms with van der Waals surface area (Å²) in [6, 6.07) is 27.2. The molecule has 12 heteroatoms. The van der Waals surface area contributed by atoms with E-state index in [1.165, 1.54) is 0 Å². The molecule has 198 valence electrons. The molecule has 1 atom stereocenters. The zero-order valence-corrected chi connectivity index (χ0v) is 22.2. The van der Waals surface area contributed by atoms with E-state index < -0.39 is 6.17 Å². The van der Waals surface area contributed by atoms with Crippen LogP contribution in [0.15, 0.2) is 75.6 Å². The van der Waals surface area contributed by atoms with Crippen molar-refractivity contribution in [1.29, 1.82) is 21.0 Å². The van der Waals surface area contributed by atoms with E-state index in [4.69, 9.17) is 0 Å². The summed E-state index contributed by atoms with van der Waals surface area (Å²) < 4.78 is 0. The summed E-state index contributed by atoms with van der Waals surface area (Å²) in [6.07, 6.45) is -0.565. The molecule has 5 aromatic rings. The van der Waals surface area contributed by atoms with E-state index in [1.54, 1.807) is 0 Å². The van der Waals surface area contributed by atoms with Crippen LogP contribution >= 0.6 is 0 Å². The Balaban J connectivity index is 1.21. The maximum atomic E-state index is 9.36. The molecule has 7 rings (SSSR count). The highest BCUT2D eigenvalue weighted by atomic mass is 15.3. The molecule has 43 heavy (non-hydrogen) atoms. The van der Waals surface area contributed by atoms with Crippen LogP contribution in [0.3, 0.4) is 0 Å². The molecule has 0 saturated heterocycles. The van der Waals surface area contributed by atoms with Gasteiger partial charge in [-0.25, -0.2) is 34.9 Å². The average molecular weight is 555 g/mol. The number of fused-ring (bicyclic) bond motifs is 4. The molecule has 0 aliphatic carbocycles. The van der Waals surface area contributed by atoms with Crippen LogP contribution in [0.2, 0.25) is 0 Å². The number of likely N-dealkylation sites (N-methyl/N-ethyl adjacent to an activating group) is 1. The molecule has 0 amide bonds. The summed E-state index contributed by atoms with van der Waals surface area (Å²) in [4.78, 5) is 32.5. The smallest absolute Gasteiger partial charge is 0.199 e. The minimum atomic E-state index is -0.565. The van der Waals surface area contributed by atoms with Crippen molar-refractivity contribution in [1.82, 2.24) is 19.9 Å². The maximum Gasteiger partial charge on any atom is 0.199 e. The lowest BCUT2D eigenvalue weighted by Gasteiger charge is -2.33. The van der Waals surface area contributed by atoms with E-state index in [0.29, 0.717) is 22.6 Å². The number of hydrogen-bond donors (Lipinski definition) is 0. The van der Waals surface area contributed by atoms with Gasteiger partial charge in [0, 0.05) is 7.05 Å². The molecule has 0 radical (unpaired) electrons. The molecular formula is C31H14N12. The second-order valence-electron chi connectivity index (χ2n) is 9.62. The van der Waals surface area contributed by atoms with Crippen molar-refractivity contribution in [3.05, 3.63) is 72.1 Å². The van der Waals surface area contributed by atoms with E-state index in [2.05, 4.69) is 34.9 Å². The third kappa shape index (κ3) is 4.08. The first-order valence-electron chi connectivity index (χ1n) is 12.8. The van der Waals surface area contributed by atoms with E-state index in [9.17, 15) is 21.0 Å². The molecule has 3 aromatic carbocycles. The Hall–Kier alpha value is -6.89. The molecule has 1 unspecified atom stereocenters. The molecule has 2 aliphatic rings. The van der Waals surface area contributed by atoms with Crippen LogP contribution in [0.1, 0.15) is 11.4 Å². The van der Waals surface area contributed by atoms with Crippen molar-refractivity contribution in [2.45, 2.75) is 6.17 Å². The van der Waals surface area contributed by atoms with Gasteiger partial charge in [0.2, 0.25) is 0 Å². The highest BCUT2D eigenvalue weighted by molar-refractivity contribution is 6.55. The fourth-order valence-corrected chi connectivity index (χ4v) is 5.01. The number of aromatic nitrogens is 4. The monoisotopic (exact) mass is 554 g/mol. The molecule has 0 N–H and O–H groups in total. The lowest BCUT2D eigenvalue weighted by molar-refractivity contribution is 0.806. The quantitative estimate of drug-likeness (QED) is 0.285. The third-order valence-corrected chi connectivity index (χ3v) is 7.15. The maximum absolute atomic E-state index is 9.36. The molecule has 0 spiro atoms. The third-order valence-electron chi connectivity index (χ3n) is 7.15. The Bertz CT molecular complexity index is 2310. The van der Waals surface area contributed by atoms with E-state index in [1.807, 2.05) is 96.9 Å². The fraction of sp³-hybridized carbons (Fsp3) is 0.0645. The van der Waals surface area contributed by atoms with Crippen LogP contribution in [-0.4, -0.2) is 50.4 Å². The minimum absolute atomic E-state index is 0.00117. The zero-order chi connectivity index (χ0) is 29.7. The topological polar surface area (TPSA) is 187 Å². The zero-order valence-electron chi connectivity index (χ0n) is 22.2. The van der Waals surface area contributed by atoms with Crippen molar-refractivity contribution < 1.29 is 0 Å². The Morgan fingerprint density at radius 3 is 1.81 bits per heavy atom. The van der Waals surface area contributed by atoms with Crippen molar-refractivity contribution in [2.24, 2.45) is 15.0 Å². The molecule has 4 heterocycles. The number of rotatable bonds is 2. The van der Waals surface area contributed by atoms with Gasteiger partial charge in [-0.15, -0.1) is 0 Å². The molecular weight excluding hydrogens is 540 g/mol. The number of amidine groups is 1. The first-order chi connectivity index (χ1) is 21.0. The van der Waals surface area contributed by atoms with Crippen LogP contribution in [0.5, 0.6) is 0 Å². The van der Waals surface area contributed by atoms with Gasteiger partial charge in [0.15, 0.2) is 46.1 Å². The number of anilines is 1. The molecule has 12 nitrogen and oxygen atoms in total. The second-order valence-corrected chi connectivity index (χ2v) is 9.62. The van der Waals surface area contributed by atoms with Crippen LogP contribution in [0.25, 0.3) is 44.6 Å².